The highest BCUT2D eigenvalue weighted by Gasteiger charge is 1.98. The Morgan fingerprint density at radius 3 is 1.92 bits per heavy atom. The Bertz CT molecular complexity index is 548. The predicted molar refractivity (Wildman–Crippen MR) is 104 cm³/mol. The van der Waals surface area contributed by atoms with Gasteiger partial charge in [-0.3, -0.25) is 0 Å². The van der Waals surface area contributed by atoms with E-state index in [4.69, 9.17) is 4.74 Å². The third-order valence-electron chi connectivity index (χ3n) is 4.23. The normalized spacial score (nSPS) is 11.0. The minimum Gasteiger partial charge on any atom is -0.494 e. The molecule has 0 radical (unpaired) electrons. The molecule has 0 spiro atoms. The molecule has 0 heterocycles. The van der Waals surface area contributed by atoms with E-state index in [-0.39, 0.29) is 0 Å². The zero-order valence-corrected chi connectivity index (χ0v) is 15.2. The van der Waals surface area contributed by atoms with Crippen LogP contribution in [0.5, 0.6) is 5.75 Å². The fourth-order valence-electron chi connectivity index (χ4n) is 2.80. The van der Waals surface area contributed by atoms with Crippen molar-refractivity contribution < 1.29 is 4.74 Å². The molecule has 0 unspecified atom stereocenters. The number of rotatable bonds is 11. The van der Waals surface area contributed by atoms with Crippen molar-refractivity contribution in [1.82, 2.24) is 4.90 Å². The molecule has 0 atom stereocenters. The SMILES string of the molecule is CN(C)CCCCCCCCOc1ccc(-c2ccccc2)cc1. The molecule has 0 bridgehead atoms. The summed E-state index contributed by atoms with van der Waals surface area (Å²) in [5.41, 5.74) is 2.49. The van der Waals surface area contributed by atoms with Crippen molar-refractivity contribution in [1.29, 1.82) is 0 Å². The largest absolute Gasteiger partial charge is 0.494 e. The lowest BCUT2D eigenvalue weighted by atomic mass is 10.1. The molecule has 2 aromatic rings. The third-order valence-corrected chi connectivity index (χ3v) is 4.23. The lowest BCUT2D eigenvalue weighted by molar-refractivity contribution is 0.304. The first kappa shape index (κ1) is 18.5. The Labute approximate surface area is 147 Å². The van der Waals surface area contributed by atoms with Crippen LogP contribution < -0.4 is 4.74 Å². The van der Waals surface area contributed by atoms with Crippen LogP contribution in [0.2, 0.25) is 0 Å². The van der Waals surface area contributed by atoms with Gasteiger partial charge in [-0.15, -0.1) is 0 Å². The number of nitrogens with zero attached hydrogens (tertiary/aromatic N) is 1. The standard InChI is InChI=1S/C22H31NO/c1-23(2)18-10-5-3-4-6-11-19-24-22-16-14-21(15-17-22)20-12-8-7-9-13-20/h7-9,12-17H,3-6,10-11,18-19H2,1-2H3. The van der Waals surface area contributed by atoms with Gasteiger partial charge < -0.3 is 9.64 Å². The Hall–Kier alpha value is -1.80. The highest BCUT2D eigenvalue weighted by atomic mass is 16.5. The van der Waals surface area contributed by atoms with Crippen LogP contribution in [0.1, 0.15) is 38.5 Å². The average molecular weight is 325 g/mol. The van der Waals surface area contributed by atoms with E-state index in [0.29, 0.717) is 0 Å². The van der Waals surface area contributed by atoms with Crippen molar-refractivity contribution >= 4 is 0 Å². The number of hydrogen-bond donors (Lipinski definition) is 0. The Morgan fingerprint density at radius 1 is 0.667 bits per heavy atom. The van der Waals surface area contributed by atoms with Crippen LogP contribution in [0.4, 0.5) is 0 Å². The molecule has 0 aliphatic heterocycles. The van der Waals surface area contributed by atoms with E-state index in [0.717, 1.165) is 18.8 Å². The number of benzene rings is 2. The molecule has 0 aromatic heterocycles. The molecule has 0 amide bonds. The molecule has 0 aliphatic carbocycles. The summed E-state index contributed by atoms with van der Waals surface area (Å²) < 4.78 is 5.85. The maximum atomic E-state index is 5.85. The van der Waals surface area contributed by atoms with Crippen molar-refractivity contribution in [2.75, 3.05) is 27.2 Å². The lowest BCUT2D eigenvalue weighted by Crippen LogP contribution is -2.12. The van der Waals surface area contributed by atoms with Gasteiger partial charge in [0.25, 0.3) is 0 Å². The van der Waals surface area contributed by atoms with E-state index in [1.807, 2.05) is 6.07 Å². The first-order valence-electron chi connectivity index (χ1n) is 9.19. The molecule has 2 aromatic carbocycles. The van der Waals surface area contributed by atoms with Gasteiger partial charge in [0.2, 0.25) is 0 Å². The molecule has 130 valence electrons. The summed E-state index contributed by atoms with van der Waals surface area (Å²) in [6, 6.07) is 18.9. The lowest BCUT2D eigenvalue weighted by Gasteiger charge is -2.09. The van der Waals surface area contributed by atoms with Gasteiger partial charge in [-0.2, -0.15) is 0 Å². The number of ether oxygens (including phenoxy) is 1. The summed E-state index contributed by atoms with van der Waals surface area (Å²) in [4.78, 5) is 2.26. The second-order valence-electron chi connectivity index (χ2n) is 6.66. The molecule has 2 heteroatoms. The van der Waals surface area contributed by atoms with E-state index in [1.165, 1.54) is 49.8 Å². The molecule has 0 saturated carbocycles. The zero-order valence-electron chi connectivity index (χ0n) is 15.2. The molecule has 0 saturated heterocycles. The van der Waals surface area contributed by atoms with E-state index in [1.54, 1.807) is 0 Å². The summed E-state index contributed by atoms with van der Waals surface area (Å²) in [6.45, 7) is 2.03. The second-order valence-corrected chi connectivity index (χ2v) is 6.66. The van der Waals surface area contributed by atoms with E-state index in [2.05, 4.69) is 67.5 Å². The van der Waals surface area contributed by atoms with Crippen LogP contribution in [0.3, 0.4) is 0 Å². The fraction of sp³-hybridized carbons (Fsp3) is 0.455. The summed E-state index contributed by atoms with van der Waals surface area (Å²) in [5.74, 6) is 0.973. The molecule has 0 N–H and O–H groups in total. The quantitative estimate of drug-likeness (QED) is 0.496. The van der Waals surface area contributed by atoms with Crippen molar-refractivity contribution in [2.24, 2.45) is 0 Å². The van der Waals surface area contributed by atoms with E-state index >= 15 is 0 Å². The Kier molecular flexibility index (Phi) is 8.40. The van der Waals surface area contributed by atoms with Crippen LogP contribution in [-0.2, 0) is 0 Å². The number of hydrogen-bond acceptors (Lipinski definition) is 2. The van der Waals surface area contributed by atoms with Crippen LogP contribution in [0.25, 0.3) is 11.1 Å². The monoisotopic (exact) mass is 325 g/mol. The summed E-state index contributed by atoms with van der Waals surface area (Å²) in [7, 11) is 4.29. The summed E-state index contributed by atoms with van der Waals surface area (Å²) >= 11 is 0. The minimum atomic E-state index is 0.822. The van der Waals surface area contributed by atoms with Gasteiger partial charge in [0.05, 0.1) is 6.61 Å². The van der Waals surface area contributed by atoms with Crippen LogP contribution >= 0.6 is 0 Å². The first-order chi connectivity index (χ1) is 11.8. The molecular formula is C22H31NO. The zero-order chi connectivity index (χ0) is 17.0. The van der Waals surface area contributed by atoms with Crippen molar-refractivity contribution in [3.8, 4) is 16.9 Å². The molecular weight excluding hydrogens is 294 g/mol. The van der Waals surface area contributed by atoms with Gasteiger partial charge in [0.15, 0.2) is 0 Å². The van der Waals surface area contributed by atoms with Crippen molar-refractivity contribution in [3.63, 3.8) is 0 Å². The second kappa shape index (κ2) is 10.9. The fourth-order valence-corrected chi connectivity index (χ4v) is 2.80. The van der Waals surface area contributed by atoms with Gasteiger partial charge in [-0.05, 0) is 56.7 Å². The van der Waals surface area contributed by atoms with Crippen LogP contribution in [0.15, 0.2) is 54.6 Å². The predicted octanol–water partition coefficient (Wildman–Crippen LogP) is 5.63. The maximum absolute atomic E-state index is 5.85. The molecule has 0 aliphatic rings. The van der Waals surface area contributed by atoms with E-state index < -0.39 is 0 Å². The summed E-state index contributed by atoms with van der Waals surface area (Å²) in [6.07, 6.45) is 7.75. The van der Waals surface area contributed by atoms with Crippen LogP contribution in [-0.4, -0.2) is 32.1 Å². The molecule has 0 fully saturated rings. The van der Waals surface area contributed by atoms with Gasteiger partial charge in [0.1, 0.15) is 5.75 Å². The highest BCUT2D eigenvalue weighted by molar-refractivity contribution is 5.63. The molecule has 2 nitrogen and oxygen atoms in total. The van der Waals surface area contributed by atoms with Crippen molar-refractivity contribution in [3.05, 3.63) is 54.6 Å². The molecule has 24 heavy (non-hydrogen) atoms. The first-order valence-corrected chi connectivity index (χ1v) is 9.19. The van der Waals surface area contributed by atoms with Gasteiger partial charge in [0, 0.05) is 0 Å². The number of unbranched alkanes of at least 4 members (excludes halogenated alkanes) is 5. The van der Waals surface area contributed by atoms with Gasteiger partial charge in [-0.25, -0.2) is 0 Å². The molecule has 2 rings (SSSR count). The third kappa shape index (κ3) is 7.18. The van der Waals surface area contributed by atoms with Crippen LogP contribution in [0, 0.1) is 0 Å². The topological polar surface area (TPSA) is 12.5 Å². The summed E-state index contributed by atoms with van der Waals surface area (Å²) in [5, 5.41) is 0. The smallest absolute Gasteiger partial charge is 0.119 e. The van der Waals surface area contributed by atoms with Crippen molar-refractivity contribution in [2.45, 2.75) is 38.5 Å². The van der Waals surface area contributed by atoms with E-state index in [9.17, 15) is 0 Å². The maximum Gasteiger partial charge on any atom is 0.119 e. The average Bonchev–Trinajstić information content (AvgIpc) is 2.61. The van der Waals surface area contributed by atoms with Gasteiger partial charge >= 0.3 is 0 Å². The highest BCUT2D eigenvalue weighted by Crippen LogP contribution is 2.22. The Balaban J connectivity index is 1.57. The van der Waals surface area contributed by atoms with Gasteiger partial charge in [-0.1, -0.05) is 68.1 Å². The Morgan fingerprint density at radius 2 is 1.25 bits per heavy atom. The minimum absolute atomic E-state index is 0.822.